The Morgan fingerprint density at radius 1 is 1.20 bits per heavy atom. The third kappa shape index (κ3) is 1.36. The number of carbonyl (C=O) groups is 2. The fourth-order valence-electron chi connectivity index (χ4n) is 1.78. The van der Waals surface area contributed by atoms with Crippen LogP contribution in [-0.4, -0.2) is 34.3 Å². The molecule has 1 atom stereocenters. The first kappa shape index (κ1) is 8.97. The minimum atomic E-state index is -0.136. The molecule has 1 aromatic rings. The average Bonchev–Trinajstić information content (AvgIpc) is 3.04. The van der Waals surface area contributed by atoms with E-state index in [9.17, 15) is 9.59 Å². The molecule has 4 heteroatoms. The van der Waals surface area contributed by atoms with E-state index in [0.29, 0.717) is 22.9 Å². The van der Waals surface area contributed by atoms with Gasteiger partial charge in [-0.1, -0.05) is 12.1 Å². The molecule has 1 saturated heterocycles. The number of thioether (sulfide) groups is 1. The molecule has 76 valence electrons. The van der Waals surface area contributed by atoms with Crippen LogP contribution in [0, 0.1) is 0 Å². The van der Waals surface area contributed by atoms with Crippen molar-refractivity contribution in [1.82, 2.24) is 4.90 Å². The second-order valence-electron chi connectivity index (χ2n) is 3.72. The molecule has 0 bridgehead atoms. The lowest BCUT2D eigenvalue weighted by Gasteiger charge is -2.11. The summed E-state index contributed by atoms with van der Waals surface area (Å²) in [4.78, 5) is 25.1. The van der Waals surface area contributed by atoms with Crippen LogP contribution in [0.4, 0.5) is 0 Å². The van der Waals surface area contributed by atoms with Gasteiger partial charge in [0.2, 0.25) is 0 Å². The minimum absolute atomic E-state index is 0.136. The van der Waals surface area contributed by atoms with Crippen LogP contribution in [-0.2, 0) is 0 Å². The molecule has 0 aliphatic carbocycles. The molecule has 2 aliphatic heterocycles. The Morgan fingerprint density at radius 2 is 1.73 bits per heavy atom. The second kappa shape index (κ2) is 3.10. The highest BCUT2D eigenvalue weighted by atomic mass is 32.2. The Morgan fingerprint density at radius 3 is 2.20 bits per heavy atom. The third-order valence-corrected chi connectivity index (χ3v) is 3.62. The van der Waals surface area contributed by atoms with E-state index in [-0.39, 0.29) is 11.8 Å². The summed E-state index contributed by atoms with van der Waals surface area (Å²) in [5, 5.41) is 0.465. The van der Waals surface area contributed by atoms with Gasteiger partial charge in [-0.05, 0) is 12.1 Å². The zero-order valence-electron chi connectivity index (χ0n) is 7.97. The summed E-state index contributed by atoms with van der Waals surface area (Å²) in [5.74, 6) is 0.791. The first-order valence-electron chi connectivity index (χ1n) is 4.84. The predicted molar refractivity (Wildman–Crippen MR) is 58.1 cm³/mol. The Balaban J connectivity index is 1.96. The smallest absolute Gasteiger partial charge is 0.261 e. The van der Waals surface area contributed by atoms with Crippen LogP contribution in [0.3, 0.4) is 0 Å². The Bertz CT molecular complexity index is 419. The van der Waals surface area contributed by atoms with E-state index in [2.05, 4.69) is 0 Å². The number of imide groups is 1. The summed E-state index contributed by atoms with van der Waals surface area (Å²) in [5.41, 5.74) is 1.10. The van der Waals surface area contributed by atoms with E-state index >= 15 is 0 Å². The number of benzene rings is 1. The zero-order valence-corrected chi connectivity index (χ0v) is 8.79. The lowest BCUT2D eigenvalue weighted by atomic mass is 10.1. The summed E-state index contributed by atoms with van der Waals surface area (Å²) in [6.07, 6.45) is 0. The number of fused-ring (bicyclic) bond motifs is 1. The van der Waals surface area contributed by atoms with Crippen molar-refractivity contribution in [3.63, 3.8) is 0 Å². The number of hydrogen-bond acceptors (Lipinski definition) is 3. The van der Waals surface area contributed by atoms with Crippen molar-refractivity contribution >= 4 is 23.6 Å². The van der Waals surface area contributed by atoms with Crippen molar-refractivity contribution in [2.45, 2.75) is 5.25 Å². The monoisotopic (exact) mass is 219 g/mol. The van der Waals surface area contributed by atoms with Crippen LogP contribution in [0.2, 0.25) is 0 Å². The van der Waals surface area contributed by atoms with Crippen molar-refractivity contribution in [3.05, 3.63) is 35.4 Å². The molecule has 0 aromatic heterocycles. The van der Waals surface area contributed by atoms with Gasteiger partial charge in [-0.2, -0.15) is 11.8 Å². The van der Waals surface area contributed by atoms with Crippen molar-refractivity contribution in [3.8, 4) is 0 Å². The van der Waals surface area contributed by atoms with Crippen LogP contribution < -0.4 is 0 Å². The Labute approximate surface area is 91.5 Å². The van der Waals surface area contributed by atoms with Crippen molar-refractivity contribution in [2.75, 3.05) is 12.3 Å². The van der Waals surface area contributed by atoms with E-state index in [0.717, 1.165) is 5.75 Å². The standard InChI is InChI=1S/C11H9NO2S/c13-10-8-3-1-2-4-9(8)11(14)12(10)5-7-6-15-7/h1-4,7H,5-6H2. The Hall–Kier alpha value is -1.29. The van der Waals surface area contributed by atoms with Crippen LogP contribution in [0.5, 0.6) is 0 Å². The highest BCUT2D eigenvalue weighted by Gasteiger charge is 2.38. The third-order valence-electron chi connectivity index (χ3n) is 2.67. The SMILES string of the molecule is O=C1c2ccccc2C(=O)N1CC1CS1. The van der Waals surface area contributed by atoms with Crippen LogP contribution >= 0.6 is 11.8 Å². The van der Waals surface area contributed by atoms with Gasteiger partial charge in [-0.15, -0.1) is 0 Å². The summed E-state index contributed by atoms with van der Waals surface area (Å²) < 4.78 is 0. The van der Waals surface area contributed by atoms with Crippen molar-refractivity contribution in [2.24, 2.45) is 0 Å². The number of rotatable bonds is 2. The van der Waals surface area contributed by atoms with Gasteiger partial charge in [0.25, 0.3) is 11.8 Å². The molecule has 3 rings (SSSR count). The van der Waals surface area contributed by atoms with E-state index in [1.165, 1.54) is 4.90 Å². The fourth-order valence-corrected chi connectivity index (χ4v) is 2.28. The summed E-state index contributed by atoms with van der Waals surface area (Å²) >= 11 is 1.79. The Kier molecular flexibility index (Phi) is 1.85. The van der Waals surface area contributed by atoms with Crippen molar-refractivity contribution in [1.29, 1.82) is 0 Å². The number of hydrogen-bond donors (Lipinski definition) is 0. The zero-order chi connectivity index (χ0) is 10.4. The summed E-state index contributed by atoms with van der Waals surface area (Å²) in [6.45, 7) is 0.566. The van der Waals surface area contributed by atoms with Gasteiger partial charge in [-0.25, -0.2) is 0 Å². The highest BCUT2D eigenvalue weighted by Crippen LogP contribution is 2.33. The molecule has 2 heterocycles. The maximum Gasteiger partial charge on any atom is 0.261 e. The van der Waals surface area contributed by atoms with Gasteiger partial charge < -0.3 is 0 Å². The van der Waals surface area contributed by atoms with Gasteiger partial charge in [0.15, 0.2) is 0 Å². The largest absolute Gasteiger partial charge is 0.273 e. The van der Waals surface area contributed by atoms with Gasteiger partial charge in [0.1, 0.15) is 0 Å². The van der Waals surface area contributed by atoms with Crippen LogP contribution in [0.1, 0.15) is 20.7 Å². The molecule has 0 spiro atoms. The molecule has 15 heavy (non-hydrogen) atoms. The summed E-state index contributed by atoms with van der Waals surface area (Å²) in [7, 11) is 0. The topological polar surface area (TPSA) is 37.4 Å². The second-order valence-corrected chi connectivity index (χ2v) is 5.06. The molecular weight excluding hydrogens is 210 g/mol. The molecule has 1 fully saturated rings. The first-order valence-corrected chi connectivity index (χ1v) is 5.89. The van der Waals surface area contributed by atoms with Gasteiger partial charge in [-0.3, -0.25) is 14.5 Å². The quantitative estimate of drug-likeness (QED) is 0.557. The van der Waals surface area contributed by atoms with E-state index in [1.54, 1.807) is 36.0 Å². The van der Waals surface area contributed by atoms with Crippen LogP contribution in [0.25, 0.3) is 0 Å². The number of carbonyl (C=O) groups excluding carboxylic acids is 2. The maximum absolute atomic E-state index is 11.9. The molecule has 0 radical (unpaired) electrons. The first-order chi connectivity index (χ1) is 7.27. The average molecular weight is 219 g/mol. The van der Waals surface area contributed by atoms with Crippen LogP contribution in [0.15, 0.2) is 24.3 Å². The normalized spacial score (nSPS) is 23.2. The minimum Gasteiger partial charge on any atom is -0.273 e. The van der Waals surface area contributed by atoms with E-state index in [4.69, 9.17) is 0 Å². The van der Waals surface area contributed by atoms with E-state index in [1.807, 2.05) is 0 Å². The number of nitrogens with zero attached hydrogens (tertiary/aromatic N) is 1. The lowest BCUT2D eigenvalue weighted by molar-refractivity contribution is 0.0659. The molecule has 2 aliphatic rings. The van der Waals surface area contributed by atoms with Gasteiger partial charge in [0, 0.05) is 17.5 Å². The molecule has 0 saturated carbocycles. The van der Waals surface area contributed by atoms with E-state index < -0.39 is 0 Å². The maximum atomic E-state index is 11.9. The molecule has 1 unspecified atom stereocenters. The predicted octanol–water partition coefficient (Wildman–Crippen LogP) is 1.40. The molecule has 3 nitrogen and oxygen atoms in total. The van der Waals surface area contributed by atoms with Gasteiger partial charge >= 0.3 is 0 Å². The lowest BCUT2D eigenvalue weighted by Crippen LogP contribution is -2.32. The molecule has 0 N–H and O–H groups in total. The molecule has 1 aromatic carbocycles. The fraction of sp³-hybridized carbons (Fsp3) is 0.273. The molecular formula is C11H9NO2S. The molecule has 2 amide bonds. The van der Waals surface area contributed by atoms with Crippen molar-refractivity contribution < 1.29 is 9.59 Å². The number of amides is 2. The highest BCUT2D eigenvalue weighted by molar-refractivity contribution is 8.06. The van der Waals surface area contributed by atoms with Gasteiger partial charge in [0.05, 0.1) is 11.1 Å². The summed E-state index contributed by atoms with van der Waals surface area (Å²) in [6, 6.07) is 7.02.